The first-order chi connectivity index (χ1) is 13.2. The van der Waals surface area contributed by atoms with Gasteiger partial charge in [-0.05, 0) is 51.8 Å². The van der Waals surface area contributed by atoms with Crippen LogP contribution in [0.1, 0.15) is 42.1 Å². The molecule has 0 saturated heterocycles. The van der Waals surface area contributed by atoms with E-state index in [0.717, 1.165) is 11.1 Å². The molecule has 0 aliphatic heterocycles. The van der Waals surface area contributed by atoms with Crippen molar-refractivity contribution in [2.45, 2.75) is 59.4 Å². The number of aromatic nitrogens is 3. The predicted octanol–water partition coefficient (Wildman–Crippen LogP) is 4.15. The predicted molar refractivity (Wildman–Crippen MR) is 109 cm³/mol. The number of rotatable bonds is 6. The Bertz CT molecular complexity index is 1130. The maximum atomic E-state index is 13.3. The van der Waals surface area contributed by atoms with Crippen molar-refractivity contribution >= 4 is 15.7 Å². The Hall–Kier alpha value is -2.61. The van der Waals surface area contributed by atoms with Crippen molar-refractivity contribution in [3.63, 3.8) is 0 Å². The second kappa shape index (κ2) is 7.43. The molecule has 0 spiro atoms. The van der Waals surface area contributed by atoms with E-state index in [9.17, 15) is 8.42 Å². The summed E-state index contributed by atoms with van der Waals surface area (Å²) in [5.74, 6) is 0.862. The highest BCUT2D eigenvalue weighted by molar-refractivity contribution is 7.92. The Labute approximate surface area is 165 Å². The monoisotopic (exact) mass is 402 g/mol. The van der Waals surface area contributed by atoms with Gasteiger partial charge in [0.1, 0.15) is 10.6 Å². The fourth-order valence-electron chi connectivity index (χ4n) is 3.47. The van der Waals surface area contributed by atoms with E-state index in [1.807, 2.05) is 50.5 Å². The van der Waals surface area contributed by atoms with Crippen LogP contribution in [-0.2, 0) is 23.0 Å². The summed E-state index contributed by atoms with van der Waals surface area (Å²) in [7, 11) is -3.79. The molecule has 0 unspecified atom stereocenters. The highest BCUT2D eigenvalue weighted by Crippen LogP contribution is 2.34. The fraction of sp³-hybridized carbons (Fsp3) is 0.400. The molecule has 2 heterocycles. The maximum absolute atomic E-state index is 13.3. The average molecular weight is 403 g/mol. The van der Waals surface area contributed by atoms with E-state index in [0.29, 0.717) is 47.4 Å². The number of sulfonamides is 1. The normalized spacial score (nSPS) is 11.8. The fourth-order valence-corrected chi connectivity index (χ4v) is 5.08. The van der Waals surface area contributed by atoms with Gasteiger partial charge in [0.2, 0.25) is 5.89 Å². The summed E-state index contributed by atoms with van der Waals surface area (Å²) in [4.78, 5) is 0.251. The van der Waals surface area contributed by atoms with Crippen LogP contribution in [0.25, 0.3) is 11.6 Å². The van der Waals surface area contributed by atoms with Crippen molar-refractivity contribution in [2.24, 2.45) is 0 Å². The standard InChI is InChI=1S/C20H26N4O3S/c1-7-17-21-22-20(27-17)18-14(5)19(15(6)24(18)8-2)28(25,26)23-16-11-12(3)9-10-13(16)4/h9-11,23H,7-8H2,1-6H3. The number of nitrogens with one attached hydrogen (secondary N) is 1. The molecule has 1 N–H and O–H groups in total. The first kappa shape index (κ1) is 20.1. The van der Waals surface area contributed by atoms with E-state index < -0.39 is 10.0 Å². The maximum Gasteiger partial charge on any atom is 0.264 e. The second-order valence-electron chi connectivity index (χ2n) is 6.91. The molecule has 0 atom stereocenters. The lowest BCUT2D eigenvalue weighted by atomic mass is 10.1. The zero-order chi connectivity index (χ0) is 20.6. The third-order valence-electron chi connectivity index (χ3n) is 4.89. The number of anilines is 1. The first-order valence-corrected chi connectivity index (χ1v) is 10.8. The molecule has 2 aromatic heterocycles. The number of nitrogens with zero attached hydrogens (tertiary/aromatic N) is 3. The van der Waals surface area contributed by atoms with E-state index in [2.05, 4.69) is 14.9 Å². The lowest BCUT2D eigenvalue weighted by molar-refractivity contribution is 0.507. The van der Waals surface area contributed by atoms with Crippen molar-refractivity contribution in [3.8, 4) is 11.6 Å². The van der Waals surface area contributed by atoms with Crippen molar-refractivity contribution in [2.75, 3.05) is 4.72 Å². The van der Waals surface area contributed by atoms with E-state index in [1.165, 1.54) is 0 Å². The van der Waals surface area contributed by atoms with Crippen molar-refractivity contribution < 1.29 is 12.8 Å². The zero-order valence-electron chi connectivity index (χ0n) is 17.1. The minimum absolute atomic E-state index is 0.251. The zero-order valence-corrected chi connectivity index (χ0v) is 17.9. The van der Waals surface area contributed by atoms with Gasteiger partial charge in [0, 0.05) is 24.2 Å². The summed E-state index contributed by atoms with van der Waals surface area (Å²) >= 11 is 0. The number of hydrogen-bond donors (Lipinski definition) is 1. The van der Waals surface area contributed by atoms with E-state index in [-0.39, 0.29) is 4.90 Å². The van der Waals surface area contributed by atoms with Crippen LogP contribution in [0.3, 0.4) is 0 Å². The molecule has 28 heavy (non-hydrogen) atoms. The molecule has 0 aliphatic rings. The molecular weight excluding hydrogens is 376 g/mol. The molecule has 3 aromatic rings. The summed E-state index contributed by atoms with van der Waals surface area (Å²) in [6, 6.07) is 5.69. The molecule has 150 valence electrons. The third-order valence-corrected chi connectivity index (χ3v) is 6.52. The van der Waals surface area contributed by atoms with Crippen LogP contribution in [0.5, 0.6) is 0 Å². The van der Waals surface area contributed by atoms with Crippen LogP contribution < -0.4 is 4.72 Å². The number of aryl methyl sites for hydroxylation is 3. The van der Waals surface area contributed by atoms with Crippen LogP contribution in [0, 0.1) is 27.7 Å². The largest absolute Gasteiger partial charge is 0.419 e. The number of hydrogen-bond acceptors (Lipinski definition) is 5. The summed E-state index contributed by atoms with van der Waals surface area (Å²) in [5, 5.41) is 8.14. The summed E-state index contributed by atoms with van der Waals surface area (Å²) in [6.07, 6.45) is 0.622. The Morgan fingerprint density at radius 3 is 2.43 bits per heavy atom. The van der Waals surface area contributed by atoms with Gasteiger partial charge in [-0.3, -0.25) is 4.72 Å². The third kappa shape index (κ3) is 3.44. The van der Waals surface area contributed by atoms with Crippen molar-refractivity contribution in [1.29, 1.82) is 0 Å². The van der Waals surface area contributed by atoms with Gasteiger partial charge in [0.15, 0.2) is 0 Å². The van der Waals surface area contributed by atoms with Gasteiger partial charge in [-0.1, -0.05) is 19.1 Å². The van der Waals surface area contributed by atoms with Crippen LogP contribution in [0.4, 0.5) is 5.69 Å². The van der Waals surface area contributed by atoms with Crippen LogP contribution >= 0.6 is 0 Å². The Morgan fingerprint density at radius 1 is 1.11 bits per heavy atom. The lowest BCUT2D eigenvalue weighted by Crippen LogP contribution is -2.15. The van der Waals surface area contributed by atoms with Crippen LogP contribution in [-0.4, -0.2) is 23.2 Å². The van der Waals surface area contributed by atoms with Crippen molar-refractivity contribution in [3.05, 3.63) is 46.5 Å². The molecule has 0 saturated carbocycles. The average Bonchev–Trinajstić information content (AvgIpc) is 3.19. The lowest BCUT2D eigenvalue weighted by Gasteiger charge is -2.12. The molecule has 0 aliphatic carbocycles. The molecule has 8 heteroatoms. The molecule has 0 amide bonds. The van der Waals surface area contributed by atoms with Crippen LogP contribution in [0.2, 0.25) is 0 Å². The second-order valence-corrected chi connectivity index (χ2v) is 8.53. The summed E-state index contributed by atoms with van der Waals surface area (Å²) in [6.45, 7) is 11.9. The Morgan fingerprint density at radius 2 is 1.82 bits per heavy atom. The van der Waals surface area contributed by atoms with Gasteiger partial charge in [-0.15, -0.1) is 10.2 Å². The van der Waals surface area contributed by atoms with Gasteiger partial charge in [-0.25, -0.2) is 8.42 Å². The SMILES string of the molecule is CCc1nnc(-c2c(C)c(S(=O)(=O)Nc3cc(C)ccc3C)c(C)n2CC)o1. The Kier molecular flexibility index (Phi) is 5.34. The van der Waals surface area contributed by atoms with Gasteiger partial charge < -0.3 is 8.98 Å². The smallest absolute Gasteiger partial charge is 0.264 e. The van der Waals surface area contributed by atoms with E-state index in [4.69, 9.17) is 4.42 Å². The highest BCUT2D eigenvalue weighted by Gasteiger charge is 2.30. The summed E-state index contributed by atoms with van der Waals surface area (Å²) in [5.41, 5.74) is 4.32. The van der Waals surface area contributed by atoms with Gasteiger partial charge in [-0.2, -0.15) is 0 Å². The van der Waals surface area contributed by atoms with E-state index >= 15 is 0 Å². The van der Waals surface area contributed by atoms with Crippen molar-refractivity contribution in [1.82, 2.24) is 14.8 Å². The van der Waals surface area contributed by atoms with Gasteiger partial charge in [0.25, 0.3) is 15.9 Å². The minimum atomic E-state index is -3.79. The molecule has 3 rings (SSSR count). The molecule has 0 radical (unpaired) electrons. The molecule has 0 bridgehead atoms. The molecule has 7 nitrogen and oxygen atoms in total. The molecule has 1 aromatic carbocycles. The molecule has 0 fully saturated rings. The topological polar surface area (TPSA) is 90.0 Å². The number of benzene rings is 1. The van der Waals surface area contributed by atoms with Gasteiger partial charge in [0.05, 0.1) is 5.69 Å². The molecular formula is C20H26N4O3S. The van der Waals surface area contributed by atoms with Crippen LogP contribution in [0.15, 0.2) is 27.5 Å². The van der Waals surface area contributed by atoms with E-state index in [1.54, 1.807) is 13.8 Å². The summed E-state index contributed by atoms with van der Waals surface area (Å²) < 4.78 is 37.0. The Balaban J connectivity index is 2.15. The highest BCUT2D eigenvalue weighted by atomic mass is 32.2. The first-order valence-electron chi connectivity index (χ1n) is 9.32. The quantitative estimate of drug-likeness (QED) is 0.669. The minimum Gasteiger partial charge on any atom is -0.419 e. The van der Waals surface area contributed by atoms with Gasteiger partial charge >= 0.3 is 0 Å².